The van der Waals surface area contributed by atoms with Gasteiger partial charge in [0, 0.05) is 55.6 Å². The van der Waals surface area contributed by atoms with E-state index in [4.69, 9.17) is 11.6 Å². The van der Waals surface area contributed by atoms with Crippen molar-refractivity contribution >= 4 is 23.3 Å². The topological polar surface area (TPSA) is 51.9 Å². The van der Waals surface area contributed by atoms with Crippen molar-refractivity contribution < 1.29 is 4.79 Å². The third kappa shape index (κ3) is 4.26. The van der Waals surface area contributed by atoms with Gasteiger partial charge in [0.2, 0.25) is 5.91 Å². The molecule has 0 radical (unpaired) electrons. The minimum absolute atomic E-state index is 0.0541. The quantitative estimate of drug-likeness (QED) is 0.742. The monoisotopic (exact) mass is 342 g/mol. The van der Waals surface area contributed by atoms with E-state index in [1.807, 2.05) is 55.8 Å². The SMILES string of the molecule is Cn1ccc(NC(=O)C[C@H](Cn2cccc2)c2ccc(Cl)cc2)n1. The standard InChI is InChI=1S/C18H19ClN4O/c1-22-11-8-17(21-22)20-18(24)12-15(13-23-9-2-3-10-23)14-4-6-16(19)7-5-14/h2-11,15H,12-13H2,1H3,(H,20,21,24)/t15-/m1/s1. The van der Waals surface area contributed by atoms with Crippen molar-refractivity contribution in [3.8, 4) is 0 Å². The molecule has 5 nitrogen and oxygen atoms in total. The molecule has 1 aromatic carbocycles. The van der Waals surface area contributed by atoms with Gasteiger partial charge in [-0.15, -0.1) is 0 Å². The number of carbonyl (C=O) groups excluding carboxylic acids is 1. The highest BCUT2D eigenvalue weighted by Crippen LogP contribution is 2.24. The summed E-state index contributed by atoms with van der Waals surface area (Å²) in [4.78, 5) is 12.4. The Morgan fingerprint density at radius 1 is 1.17 bits per heavy atom. The highest BCUT2D eigenvalue weighted by molar-refractivity contribution is 6.30. The van der Waals surface area contributed by atoms with E-state index in [1.165, 1.54) is 0 Å². The molecule has 0 saturated carbocycles. The Bertz CT molecular complexity index is 793. The first-order valence-electron chi connectivity index (χ1n) is 7.76. The highest BCUT2D eigenvalue weighted by Gasteiger charge is 2.17. The lowest BCUT2D eigenvalue weighted by Gasteiger charge is -2.18. The summed E-state index contributed by atoms with van der Waals surface area (Å²) in [5, 5.41) is 7.72. The molecule has 24 heavy (non-hydrogen) atoms. The van der Waals surface area contributed by atoms with Gasteiger partial charge in [0.05, 0.1) is 0 Å². The molecule has 3 aromatic rings. The number of aryl methyl sites for hydroxylation is 1. The molecule has 0 bridgehead atoms. The Hall–Kier alpha value is -2.53. The number of aromatic nitrogens is 3. The Morgan fingerprint density at radius 2 is 1.88 bits per heavy atom. The van der Waals surface area contributed by atoms with Gasteiger partial charge in [0.15, 0.2) is 5.82 Å². The van der Waals surface area contributed by atoms with Crippen LogP contribution in [0.4, 0.5) is 5.82 Å². The van der Waals surface area contributed by atoms with E-state index < -0.39 is 0 Å². The lowest BCUT2D eigenvalue weighted by molar-refractivity contribution is -0.116. The van der Waals surface area contributed by atoms with E-state index >= 15 is 0 Å². The van der Waals surface area contributed by atoms with E-state index in [2.05, 4.69) is 15.0 Å². The van der Waals surface area contributed by atoms with Crippen LogP contribution in [-0.2, 0) is 18.4 Å². The van der Waals surface area contributed by atoms with E-state index in [0.29, 0.717) is 17.3 Å². The zero-order chi connectivity index (χ0) is 16.9. The summed E-state index contributed by atoms with van der Waals surface area (Å²) in [6.45, 7) is 0.726. The van der Waals surface area contributed by atoms with Crippen molar-refractivity contribution in [1.29, 1.82) is 0 Å². The molecule has 0 aliphatic carbocycles. The average Bonchev–Trinajstić information content (AvgIpc) is 3.19. The number of halogens is 1. The maximum Gasteiger partial charge on any atom is 0.226 e. The Kier molecular flexibility index (Phi) is 5.01. The lowest BCUT2D eigenvalue weighted by atomic mass is 9.95. The van der Waals surface area contributed by atoms with Crippen molar-refractivity contribution in [2.45, 2.75) is 18.9 Å². The van der Waals surface area contributed by atoms with Gasteiger partial charge in [-0.1, -0.05) is 23.7 Å². The van der Waals surface area contributed by atoms with Gasteiger partial charge >= 0.3 is 0 Å². The molecule has 1 N–H and O–H groups in total. The zero-order valence-corrected chi connectivity index (χ0v) is 14.1. The molecular formula is C18H19ClN4O. The van der Waals surface area contributed by atoms with Crippen molar-refractivity contribution in [2.75, 3.05) is 5.32 Å². The summed E-state index contributed by atoms with van der Waals surface area (Å²) in [5.41, 5.74) is 1.09. The number of rotatable bonds is 6. The van der Waals surface area contributed by atoms with E-state index in [0.717, 1.165) is 12.1 Å². The maximum atomic E-state index is 12.4. The van der Waals surface area contributed by atoms with Crippen LogP contribution in [0.3, 0.4) is 0 Å². The van der Waals surface area contributed by atoms with Crippen LogP contribution in [0.5, 0.6) is 0 Å². The van der Waals surface area contributed by atoms with Crippen LogP contribution >= 0.6 is 11.6 Å². The molecule has 0 unspecified atom stereocenters. The molecule has 2 aromatic heterocycles. The van der Waals surface area contributed by atoms with Crippen LogP contribution in [0.15, 0.2) is 61.1 Å². The van der Waals surface area contributed by atoms with Gasteiger partial charge in [-0.05, 0) is 29.8 Å². The molecule has 0 saturated heterocycles. The van der Waals surface area contributed by atoms with Gasteiger partial charge in [0.25, 0.3) is 0 Å². The number of carbonyl (C=O) groups is 1. The smallest absolute Gasteiger partial charge is 0.226 e. The molecule has 2 heterocycles. The predicted octanol–water partition coefficient (Wildman–Crippen LogP) is 3.69. The van der Waals surface area contributed by atoms with E-state index in [1.54, 1.807) is 16.9 Å². The first kappa shape index (κ1) is 16.3. The Labute approximate surface area is 145 Å². The van der Waals surface area contributed by atoms with Crippen molar-refractivity contribution in [3.05, 3.63) is 71.6 Å². The number of nitrogens with one attached hydrogen (secondary N) is 1. The number of hydrogen-bond acceptors (Lipinski definition) is 2. The minimum atomic E-state index is -0.0548. The highest BCUT2D eigenvalue weighted by atomic mass is 35.5. The third-order valence-electron chi connectivity index (χ3n) is 3.85. The first-order chi connectivity index (χ1) is 11.6. The van der Waals surface area contributed by atoms with Crippen molar-refractivity contribution in [1.82, 2.24) is 14.3 Å². The third-order valence-corrected chi connectivity index (χ3v) is 4.10. The Morgan fingerprint density at radius 3 is 2.50 bits per heavy atom. The largest absolute Gasteiger partial charge is 0.354 e. The summed E-state index contributed by atoms with van der Waals surface area (Å²) < 4.78 is 3.74. The summed E-state index contributed by atoms with van der Waals surface area (Å²) in [6.07, 6.45) is 6.17. The molecule has 3 rings (SSSR count). The molecule has 1 atom stereocenters. The van der Waals surface area contributed by atoms with Gasteiger partial charge in [-0.2, -0.15) is 5.10 Å². The molecule has 0 aliphatic rings. The number of hydrogen-bond donors (Lipinski definition) is 1. The van der Waals surface area contributed by atoms with E-state index in [-0.39, 0.29) is 11.8 Å². The van der Waals surface area contributed by atoms with E-state index in [9.17, 15) is 4.79 Å². The van der Waals surface area contributed by atoms with Gasteiger partial charge in [-0.3, -0.25) is 9.48 Å². The number of benzene rings is 1. The molecule has 0 aliphatic heterocycles. The lowest BCUT2D eigenvalue weighted by Crippen LogP contribution is -2.19. The van der Waals surface area contributed by atoms with Crippen LogP contribution in [0.1, 0.15) is 17.9 Å². The fraction of sp³-hybridized carbons (Fsp3) is 0.222. The summed E-state index contributed by atoms with van der Waals surface area (Å²) >= 11 is 5.98. The number of anilines is 1. The molecule has 1 amide bonds. The minimum Gasteiger partial charge on any atom is -0.354 e. The number of amides is 1. The fourth-order valence-corrected chi connectivity index (χ4v) is 2.79. The second-order valence-electron chi connectivity index (χ2n) is 5.76. The summed E-state index contributed by atoms with van der Waals surface area (Å²) in [5.74, 6) is 0.567. The van der Waals surface area contributed by atoms with Crippen LogP contribution in [0, 0.1) is 0 Å². The number of nitrogens with zero attached hydrogens (tertiary/aromatic N) is 3. The van der Waals surface area contributed by atoms with Gasteiger partial charge in [0.1, 0.15) is 0 Å². The second kappa shape index (κ2) is 7.36. The molecular weight excluding hydrogens is 324 g/mol. The molecule has 0 spiro atoms. The van der Waals surface area contributed by atoms with Crippen LogP contribution in [0.25, 0.3) is 0 Å². The zero-order valence-electron chi connectivity index (χ0n) is 13.4. The van der Waals surface area contributed by atoms with Crippen LogP contribution in [0.2, 0.25) is 5.02 Å². The van der Waals surface area contributed by atoms with Gasteiger partial charge < -0.3 is 9.88 Å². The van der Waals surface area contributed by atoms with Crippen molar-refractivity contribution in [2.24, 2.45) is 7.05 Å². The predicted molar refractivity (Wildman–Crippen MR) is 95.1 cm³/mol. The molecule has 124 valence electrons. The fourth-order valence-electron chi connectivity index (χ4n) is 2.67. The van der Waals surface area contributed by atoms with Crippen molar-refractivity contribution in [3.63, 3.8) is 0 Å². The molecule has 6 heteroatoms. The first-order valence-corrected chi connectivity index (χ1v) is 8.13. The summed E-state index contributed by atoms with van der Waals surface area (Å²) in [6, 6.07) is 13.4. The van der Waals surface area contributed by atoms with Gasteiger partial charge in [-0.25, -0.2) is 0 Å². The average molecular weight is 343 g/mol. The van der Waals surface area contributed by atoms with Crippen LogP contribution < -0.4 is 5.32 Å². The summed E-state index contributed by atoms with van der Waals surface area (Å²) in [7, 11) is 1.82. The molecule has 0 fully saturated rings. The second-order valence-corrected chi connectivity index (χ2v) is 6.19. The van der Waals surface area contributed by atoms with Crippen LogP contribution in [-0.4, -0.2) is 20.3 Å². The Balaban J connectivity index is 1.73. The maximum absolute atomic E-state index is 12.4. The normalized spacial score (nSPS) is 12.1.